The molecule has 0 spiro atoms. The summed E-state index contributed by atoms with van der Waals surface area (Å²) in [6.07, 6.45) is 2.81. The van der Waals surface area contributed by atoms with Crippen LogP contribution in [-0.2, 0) is 6.54 Å². The van der Waals surface area contributed by atoms with Crippen molar-refractivity contribution >= 4 is 17.2 Å². The molecule has 3 aromatic rings. The smallest absolute Gasteiger partial charge is 0.269 e. The van der Waals surface area contributed by atoms with E-state index in [9.17, 15) is 10.1 Å². The van der Waals surface area contributed by atoms with Gasteiger partial charge < -0.3 is 4.90 Å². The lowest BCUT2D eigenvalue weighted by atomic mass is 9.87. The fourth-order valence-corrected chi connectivity index (χ4v) is 3.95. The van der Waals surface area contributed by atoms with Crippen LogP contribution in [0.1, 0.15) is 12.0 Å². The highest BCUT2D eigenvalue weighted by Crippen LogP contribution is 2.35. The quantitative estimate of drug-likeness (QED) is 0.519. The predicted octanol–water partition coefficient (Wildman–Crippen LogP) is 1.50. The summed E-state index contributed by atoms with van der Waals surface area (Å²) in [5, 5.41) is 23.2. The van der Waals surface area contributed by atoms with E-state index in [0.29, 0.717) is 12.1 Å². The lowest BCUT2D eigenvalue weighted by Crippen LogP contribution is -2.68. The molecule has 0 radical (unpaired) electrons. The number of nitro groups is 1. The second kappa shape index (κ2) is 5.73. The number of rotatable bonds is 4. The average molecular weight is 351 g/mol. The van der Waals surface area contributed by atoms with Crippen molar-refractivity contribution in [1.82, 2.24) is 24.7 Å². The maximum atomic E-state index is 10.8. The van der Waals surface area contributed by atoms with E-state index in [1.165, 1.54) is 6.42 Å². The molecule has 3 aliphatic heterocycles. The van der Waals surface area contributed by atoms with Crippen LogP contribution in [0.5, 0.6) is 0 Å². The number of nitrogens with zero attached hydrogens (tertiary/aromatic N) is 7. The Bertz CT molecular complexity index is 959. The van der Waals surface area contributed by atoms with Gasteiger partial charge in [-0.3, -0.25) is 15.0 Å². The van der Waals surface area contributed by atoms with Gasteiger partial charge in [-0.05, 0) is 24.1 Å². The van der Waals surface area contributed by atoms with E-state index in [2.05, 4.69) is 25.1 Å². The van der Waals surface area contributed by atoms with E-state index < -0.39 is 0 Å². The van der Waals surface area contributed by atoms with Crippen molar-refractivity contribution in [1.29, 1.82) is 0 Å². The maximum Gasteiger partial charge on any atom is 0.269 e. The molecule has 6 rings (SSSR count). The van der Waals surface area contributed by atoms with Gasteiger partial charge in [0, 0.05) is 43.9 Å². The van der Waals surface area contributed by atoms with Crippen LogP contribution in [-0.4, -0.2) is 54.8 Å². The number of aromatic nitrogens is 4. The van der Waals surface area contributed by atoms with Crippen molar-refractivity contribution in [3.8, 4) is 0 Å². The normalized spacial score (nSPS) is 22.4. The summed E-state index contributed by atoms with van der Waals surface area (Å²) < 4.78 is 1.70. The Labute approximate surface area is 149 Å². The third kappa shape index (κ3) is 2.48. The van der Waals surface area contributed by atoms with Gasteiger partial charge >= 0.3 is 0 Å². The number of benzene rings is 1. The van der Waals surface area contributed by atoms with Crippen molar-refractivity contribution in [2.24, 2.45) is 0 Å². The summed E-state index contributed by atoms with van der Waals surface area (Å²) in [4.78, 5) is 15.2. The van der Waals surface area contributed by atoms with Crippen LogP contribution in [0.2, 0.25) is 0 Å². The summed E-state index contributed by atoms with van der Waals surface area (Å²) in [7, 11) is 0. The van der Waals surface area contributed by atoms with Gasteiger partial charge in [-0.15, -0.1) is 15.3 Å². The first-order valence-corrected chi connectivity index (χ1v) is 8.58. The zero-order valence-corrected chi connectivity index (χ0v) is 14.0. The summed E-state index contributed by atoms with van der Waals surface area (Å²) in [5.74, 6) is 0.946. The van der Waals surface area contributed by atoms with Crippen LogP contribution in [0.3, 0.4) is 0 Å². The minimum atomic E-state index is -0.361. The number of anilines is 1. The van der Waals surface area contributed by atoms with Crippen LogP contribution in [0.15, 0.2) is 42.7 Å². The van der Waals surface area contributed by atoms with Crippen LogP contribution in [0.25, 0.3) is 5.65 Å². The van der Waals surface area contributed by atoms with Crippen molar-refractivity contribution in [3.63, 3.8) is 0 Å². The first-order valence-electron chi connectivity index (χ1n) is 8.58. The largest absolute Gasteiger partial charge is 0.352 e. The zero-order chi connectivity index (χ0) is 17.7. The zero-order valence-electron chi connectivity index (χ0n) is 14.0. The summed E-state index contributed by atoms with van der Waals surface area (Å²) >= 11 is 0. The van der Waals surface area contributed by atoms with Crippen LogP contribution in [0.4, 0.5) is 11.5 Å². The molecule has 26 heavy (non-hydrogen) atoms. The van der Waals surface area contributed by atoms with Gasteiger partial charge in [0.15, 0.2) is 5.65 Å². The molecule has 3 aliphatic rings. The maximum absolute atomic E-state index is 10.8. The minimum absolute atomic E-state index is 0.138. The number of nitro benzene ring substituents is 1. The van der Waals surface area contributed by atoms with E-state index in [-0.39, 0.29) is 10.6 Å². The van der Waals surface area contributed by atoms with E-state index in [1.54, 1.807) is 23.0 Å². The molecular weight excluding hydrogens is 334 g/mol. The van der Waals surface area contributed by atoms with Gasteiger partial charge in [0.05, 0.1) is 4.92 Å². The Hall–Kier alpha value is -3.07. The number of hydrogen-bond acceptors (Lipinski definition) is 7. The number of non-ortho nitro benzene ring substituents is 1. The molecule has 2 atom stereocenters. The molecule has 1 aromatic carbocycles. The topological polar surface area (TPSA) is 92.7 Å². The van der Waals surface area contributed by atoms with Gasteiger partial charge in [0.1, 0.15) is 12.1 Å². The third-order valence-electron chi connectivity index (χ3n) is 5.33. The Morgan fingerprint density at radius 1 is 1.12 bits per heavy atom. The molecule has 2 aromatic heterocycles. The van der Waals surface area contributed by atoms with E-state index >= 15 is 0 Å². The minimum Gasteiger partial charge on any atom is -0.352 e. The highest BCUT2D eigenvalue weighted by atomic mass is 16.6. The average Bonchev–Trinajstić information content (AvgIpc) is 3.14. The van der Waals surface area contributed by atoms with Gasteiger partial charge in [0.2, 0.25) is 0 Å². The number of hydrogen-bond donors (Lipinski definition) is 0. The SMILES string of the molecule is O=[N+]([O-])c1ccc(CN2C3CC2CN(c2ccc4nncn4n2)C3)cc1. The lowest BCUT2D eigenvalue weighted by molar-refractivity contribution is -0.384. The number of piperazine rings is 1. The monoisotopic (exact) mass is 351 g/mol. The van der Waals surface area contributed by atoms with Crippen molar-refractivity contribution in [2.45, 2.75) is 25.0 Å². The molecule has 3 saturated heterocycles. The summed E-state index contributed by atoms with van der Waals surface area (Å²) in [6, 6.07) is 11.8. The first-order chi connectivity index (χ1) is 12.7. The van der Waals surface area contributed by atoms with Crippen molar-refractivity contribution < 1.29 is 4.92 Å². The second-order valence-corrected chi connectivity index (χ2v) is 6.87. The molecule has 2 unspecified atom stereocenters. The predicted molar refractivity (Wildman–Crippen MR) is 93.8 cm³/mol. The molecule has 0 saturated carbocycles. The molecule has 3 fully saturated rings. The molecule has 9 heteroatoms. The fourth-order valence-electron chi connectivity index (χ4n) is 3.95. The molecule has 132 valence electrons. The molecular formula is C17H17N7O2. The van der Waals surface area contributed by atoms with Gasteiger partial charge in [0.25, 0.3) is 5.69 Å². The lowest BCUT2D eigenvalue weighted by Gasteiger charge is -2.56. The van der Waals surface area contributed by atoms with Crippen LogP contribution in [0, 0.1) is 10.1 Å². The number of fused-ring (bicyclic) bond motifs is 3. The Kier molecular flexibility index (Phi) is 3.35. The van der Waals surface area contributed by atoms with E-state index in [0.717, 1.165) is 36.7 Å². The summed E-state index contributed by atoms with van der Waals surface area (Å²) in [6.45, 7) is 2.70. The Morgan fingerprint density at radius 3 is 2.62 bits per heavy atom. The second-order valence-electron chi connectivity index (χ2n) is 6.87. The summed E-state index contributed by atoms with van der Waals surface area (Å²) in [5.41, 5.74) is 2.00. The van der Waals surface area contributed by atoms with Crippen LogP contribution >= 0.6 is 0 Å². The van der Waals surface area contributed by atoms with Gasteiger partial charge in [-0.1, -0.05) is 12.1 Å². The van der Waals surface area contributed by atoms with E-state index in [4.69, 9.17) is 0 Å². The molecule has 5 heterocycles. The molecule has 9 nitrogen and oxygen atoms in total. The highest BCUT2D eigenvalue weighted by Gasteiger charge is 2.44. The van der Waals surface area contributed by atoms with Crippen molar-refractivity contribution in [3.05, 3.63) is 58.4 Å². The Morgan fingerprint density at radius 2 is 1.88 bits per heavy atom. The van der Waals surface area contributed by atoms with Crippen molar-refractivity contribution in [2.75, 3.05) is 18.0 Å². The van der Waals surface area contributed by atoms with Crippen LogP contribution < -0.4 is 4.90 Å². The van der Waals surface area contributed by atoms with Gasteiger partial charge in [-0.25, -0.2) is 0 Å². The third-order valence-corrected chi connectivity index (χ3v) is 5.33. The first kappa shape index (κ1) is 15.2. The van der Waals surface area contributed by atoms with Gasteiger partial charge in [-0.2, -0.15) is 4.52 Å². The molecule has 0 aliphatic carbocycles. The molecule has 2 bridgehead atoms. The molecule has 0 N–H and O–H groups in total. The fraction of sp³-hybridized carbons (Fsp3) is 0.353. The Balaban J connectivity index is 1.27. The highest BCUT2D eigenvalue weighted by molar-refractivity contribution is 5.46. The van der Waals surface area contributed by atoms with E-state index in [1.807, 2.05) is 24.3 Å². The standard InChI is InChI=1S/C17H17N7O2/c25-24(26)13-3-1-12(2-4-13)8-22-14-7-15(22)10-21(9-14)17-6-5-16-19-18-11-23(16)20-17/h1-6,11,14-15H,7-10H2. The molecule has 0 amide bonds. The number of piperidine rings is 1.